The number of H-pyrrole nitrogens is 1. The van der Waals surface area contributed by atoms with Crippen molar-refractivity contribution in [2.75, 3.05) is 13.1 Å². The summed E-state index contributed by atoms with van der Waals surface area (Å²) in [4.78, 5) is 23.0. The van der Waals surface area contributed by atoms with Gasteiger partial charge in [0.25, 0.3) is 0 Å². The molecule has 3 heterocycles. The largest absolute Gasteiger partial charge is 0.342 e. The van der Waals surface area contributed by atoms with Crippen molar-refractivity contribution in [3.63, 3.8) is 0 Å². The lowest BCUT2D eigenvalue weighted by Gasteiger charge is -2.16. The van der Waals surface area contributed by atoms with E-state index in [-0.39, 0.29) is 11.7 Å². The highest BCUT2D eigenvalue weighted by atomic mass is 19.1. The Morgan fingerprint density at radius 3 is 2.89 bits per heavy atom. The van der Waals surface area contributed by atoms with E-state index in [4.69, 9.17) is 0 Å². The number of aromatic nitrogens is 4. The number of hydrogen-bond acceptors (Lipinski definition) is 4. The number of nitrogens with zero attached hydrogens (tertiary/aromatic N) is 4. The maximum absolute atomic E-state index is 13.0. The minimum atomic E-state index is -0.287. The molecule has 0 saturated carbocycles. The van der Waals surface area contributed by atoms with Gasteiger partial charge in [0.15, 0.2) is 5.82 Å². The van der Waals surface area contributed by atoms with Crippen molar-refractivity contribution < 1.29 is 9.18 Å². The van der Waals surface area contributed by atoms with Crippen LogP contribution < -0.4 is 0 Å². The molecule has 3 aromatic rings. The summed E-state index contributed by atoms with van der Waals surface area (Å²) in [7, 11) is 0. The summed E-state index contributed by atoms with van der Waals surface area (Å²) >= 11 is 0. The van der Waals surface area contributed by atoms with Gasteiger partial charge >= 0.3 is 0 Å². The van der Waals surface area contributed by atoms with Gasteiger partial charge < -0.3 is 4.90 Å². The number of aromatic amines is 1. The smallest absolute Gasteiger partial charge is 0.226 e. The number of carbonyl (C=O) groups excluding carboxylic acids is 1. The van der Waals surface area contributed by atoms with E-state index in [1.807, 2.05) is 17.0 Å². The number of halogens is 1. The van der Waals surface area contributed by atoms with Gasteiger partial charge in [-0.15, -0.1) is 0 Å². The number of pyridine rings is 1. The molecule has 1 saturated heterocycles. The molecule has 1 aliphatic rings. The van der Waals surface area contributed by atoms with Gasteiger partial charge in [-0.05, 0) is 42.2 Å². The van der Waals surface area contributed by atoms with Crippen LogP contribution in [0.3, 0.4) is 0 Å². The maximum Gasteiger partial charge on any atom is 0.226 e. The first-order valence-corrected chi connectivity index (χ1v) is 9.01. The van der Waals surface area contributed by atoms with Crippen LogP contribution in [0.15, 0.2) is 48.8 Å². The van der Waals surface area contributed by atoms with Gasteiger partial charge in [0.1, 0.15) is 11.6 Å². The summed E-state index contributed by atoms with van der Waals surface area (Å²) in [5, 5.41) is 7.25. The molecular formula is C20H20FN5O. The summed E-state index contributed by atoms with van der Waals surface area (Å²) in [5.41, 5.74) is 1.71. The third-order valence-corrected chi connectivity index (χ3v) is 4.84. The van der Waals surface area contributed by atoms with Crippen molar-refractivity contribution in [1.29, 1.82) is 0 Å². The average molecular weight is 365 g/mol. The van der Waals surface area contributed by atoms with Gasteiger partial charge in [-0.25, -0.2) is 9.37 Å². The van der Waals surface area contributed by atoms with E-state index >= 15 is 0 Å². The fraction of sp³-hybridized carbons (Fsp3) is 0.300. The topological polar surface area (TPSA) is 74.8 Å². The highest BCUT2D eigenvalue weighted by molar-refractivity contribution is 5.79. The van der Waals surface area contributed by atoms with Crippen LogP contribution in [0.2, 0.25) is 0 Å². The zero-order valence-corrected chi connectivity index (χ0v) is 14.8. The predicted molar refractivity (Wildman–Crippen MR) is 98.1 cm³/mol. The minimum Gasteiger partial charge on any atom is -0.342 e. The molecule has 1 atom stereocenters. The van der Waals surface area contributed by atoms with Gasteiger partial charge in [-0.1, -0.05) is 12.1 Å². The number of amides is 1. The Hall–Kier alpha value is -3.09. The van der Waals surface area contributed by atoms with Gasteiger partial charge in [0.2, 0.25) is 5.91 Å². The average Bonchev–Trinajstić information content (AvgIpc) is 3.35. The molecule has 1 unspecified atom stereocenters. The molecule has 27 heavy (non-hydrogen) atoms. The number of hydrogen-bond donors (Lipinski definition) is 1. The van der Waals surface area contributed by atoms with Crippen LogP contribution in [-0.4, -0.2) is 44.1 Å². The molecule has 1 aliphatic heterocycles. The van der Waals surface area contributed by atoms with Crippen LogP contribution in [0, 0.1) is 11.7 Å². The zero-order valence-electron chi connectivity index (χ0n) is 14.8. The quantitative estimate of drug-likeness (QED) is 0.754. The van der Waals surface area contributed by atoms with E-state index in [0.29, 0.717) is 24.7 Å². The number of carbonyl (C=O) groups is 1. The zero-order chi connectivity index (χ0) is 18.6. The molecular weight excluding hydrogens is 345 g/mol. The van der Waals surface area contributed by atoms with Crippen LogP contribution in [0.4, 0.5) is 4.39 Å². The molecule has 0 aliphatic carbocycles. The molecule has 1 fully saturated rings. The van der Waals surface area contributed by atoms with Crippen LogP contribution in [0.25, 0.3) is 11.4 Å². The lowest BCUT2D eigenvalue weighted by atomic mass is 10.0. The van der Waals surface area contributed by atoms with Crippen molar-refractivity contribution in [2.24, 2.45) is 5.92 Å². The summed E-state index contributed by atoms with van der Waals surface area (Å²) in [6.45, 7) is 1.46. The van der Waals surface area contributed by atoms with Crippen molar-refractivity contribution in [2.45, 2.75) is 19.3 Å². The second kappa shape index (κ2) is 7.65. The number of benzene rings is 1. The fourth-order valence-electron chi connectivity index (χ4n) is 3.40. The number of rotatable bonds is 5. The maximum atomic E-state index is 13.0. The van der Waals surface area contributed by atoms with Crippen LogP contribution in [-0.2, 0) is 17.6 Å². The van der Waals surface area contributed by atoms with Gasteiger partial charge in [-0.3, -0.25) is 14.9 Å². The van der Waals surface area contributed by atoms with E-state index in [2.05, 4.69) is 20.2 Å². The van der Waals surface area contributed by atoms with Crippen molar-refractivity contribution >= 4 is 5.91 Å². The second-order valence-electron chi connectivity index (χ2n) is 6.85. The van der Waals surface area contributed by atoms with E-state index in [9.17, 15) is 9.18 Å². The molecule has 0 bridgehead atoms. The van der Waals surface area contributed by atoms with Crippen molar-refractivity contribution in [3.8, 4) is 11.4 Å². The fourth-order valence-corrected chi connectivity index (χ4v) is 3.40. The van der Waals surface area contributed by atoms with Crippen molar-refractivity contribution in [3.05, 3.63) is 66.0 Å². The third kappa shape index (κ3) is 4.19. The molecule has 0 radical (unpaired) electrons. The monoisotopic (exact) mass is 365 g/mol. The normalized spacial score (nSPS) is 16.6. The second-order valence-corrected chi connectivity index (χ2v) is 6.85. The Balaban J connectivity index is 1.32. The Kier molecular flexibility index (Phi) is 4.91. The molecule has 1 aromatic carbocycles. The summed E-state index contributed by atoms with van der Waals surface area (Å²) in [6.07, 6.45) is 5.46. The molecule has 1 N–H and O–H groups in total. The van der Waals surface area contributed by atoms with E-state index in [1.54, 1.807) is 24.5 Å². The molecule has 4 rings (SSSR count). The van der Waals surface area contributed by atoms with Gasteiger partial charge in [0.05, 0.1) is 6.42 Å². The Labute approximate surface area is 156 Å². The highest BCUT2D eigenvalue weighted by Gasteiger charge is 2.27. The first-order valence-electron chi connectivity index (χ1n) is 9.01. The lowest BCUT2D eigenvalue weighted by molar-refractivity contribution is -0.129. The highest BCUT2D eigenvalue weighted by Crippen LogP contribution is 2.21. The molecule has 6 nitrogen and oxygen atoms in total. The van der Waals surface area contributed by atoms with Gasteiger partial charge in [-0.2, -0.15) is 5.10 Å². The molecule has 7 heteroatoms. The third-order valence-electron chi connectivity index (χ3n) is 4.84. The Morgan fingerprint density at radius 2 is 2.11 bits per heavy atom. The Morgan fingerprint density at radius 1 is 1.26 bits per heavy atom. The van der Waals surface area contributed by atoms with E-state index < -0.39 is 0 Å². The molecule has 0 spiro atoms. The predicted octanol–water partition coefficient (Wildman–Crippen LogP) is 2.64. The number of likely N-dealkylation sites (tertiary alicyclic amines) is 1. The van der Waals surface area contributed by atoms with Crippen LogP contribution in [0.1, 0.15) is 17.8 Å². The molecule has 1 amide bonds. The van der Waals surface area contributed by atoms with Crippen LogP contribution >= 0.6 is 0 Å². The summed E-state index contributed by atoms with van der Waals surface area (Å²) in [6, 6.07) is 9.88. The standard InChI is InChI=1S/C20H20FN5O/c21-17-5-3-14(4-6-17)11-19(27)26-9-7-15(13-26)10-18-23-20(25-24-18)16-2-1-8-22-12-16/h1-6,8,12,15H,7,9-11,13H2,(H,23,24,25). The number of nitrogens with one attached hydrogen (secondary N) is 1. The van der Waals surface area contributed by atoms with Crippen LogP contribution in [0.5, 0.6) is 0 Å². The van der Waals surface area contributed by atoms with E-state index in [0.717, 1.165) is 36.3 Å². The first-order chi connectivity index (χ1) is 13.2. The van der Waals surface area contributed by atoms with Gasteiger partial charge in [0, 0.05) is 37.5 Å². The lowest BCUT2D eigenvalue weighted by Crippen LogP contribution is -2.30. The Bertz CT molecular complexity index is 910. The molecule has 138 valence electrons. The minimum absolute atomic E-state index is 0.0812. The summed E-state index contributed by atoms with van der Waals surface area (Å²) < 4.78 is 13.0. The first kappa shape index (κ1) is 17.3. The van der Waals surface area contributed by atoms with Crippen molar-refractivity contribution in [1.82, 2.24) is 25.1 Å². The summed E-state index contributed by atoms with van der Waals surface area (Å²) in [5.74, 6) is 1.62. The van der Waals surface area contributed by atoms with E-state index in [1.165, 1.54) is 12.1 Å². The molecule has 2 aromatic heterocycles. The SMILES string of the molecule is O=C(Cc1ccc(F)cc1)N1CCC(Cc2nc(-c3cccnc3)n[nH]2)C1.